The molecule has 45 heavy (non-hydrogen) atoms. The summed E-state index contributed by atoms with van der Waals surface area (Å²) in [4.78, 5) is 42.6. The summed E-state index contributed by atoms with van der Waals surface area (Å²) >= 11 is 0. The number of hydrogen-bond donors (Lipinski definition) is 2. The van der Waals surface area contributed by atoms with Gasteiger partial charge in [-0.3, -0.25) is 14.1 Å². The van der Waals surface area contributed by atoms with Crippen LogP contribution in [0.4, 0.5) is 0 Å². The van der Waals surface area contributed by atoms with E-state index in [0.717, 1.165) is 77.0 Å². The normalized spacial score (nSPS) is 12.9. The molecule has 0 aliphatic heterocycles. The van der Waals surface area contributed by atoms with Crippen molar-refractivity contribution in [3.63, 3.8) is 0 Å². The van der Waals surface area contributed by atoms with Crippen molar-refractivity contribution in [2.24, 2.45) is 0 Å². The van der Waals surface area contributed by atoms with Gasteiger partial charge >= 0.3 is 19.8 Å². The van der Waals surface area contributed by atoms with Crippen molar-refractivity contribution in [3.05, 3.63) is 36.5 Å². The van der Waals surface area contributed by atoms with Crippen LogP contribution in [0.3, 0.4) is 0 Å². The van der Waals surface area contributed by atoms with Crippen LogP contribution in [-0.2, 0) is 28.2 Å². The first-order valence-corrected chi connectivity index (χ1v) is 19.3. The highest BCUT2D eigenvalue weighted by Crippen LogP contribution is 2.35. The van der Waals surface area contributed by atoms with Crippen molar-refractivity contribution in [2.75, 3.05) is 13.2 Å². The number of allylic oxidation sites excluding steroid dienone is 6. The second-order valence-electron chi connectivity index (χ2n) is 11.8. The van der Waals surface area contributed by atoms with Crippen LogP contribution in [0.15, 0.2) is 36.5 Å². The Morgan fingerprint density at radius 2 is 1.00 bits per heavy atom. The van der Waals surface area contributed by atoms with Gasteiger partial charge in [-0.2, -0.15) is 0 Å². The lowest BCUT2D eigenvalue weighted by Gasteiger charge is -2.18. The zero-order valence-electron chi connectivity index (χ0n) is 28.5. The molecule has 8 nitrogen and oxygen atoms in total. The topological polar surface area (TPSA) is 119 Å². The van der Waals surface area contributed by atoms with Gasteiger partial charge in [-0.05, 0) is 70.6 Å². The molecule has 0 aromatic rings. The standard InChI is InChI=1S/C36H65O8P/c1-3-5-7-9-11-13-15-17-18-19-21-22-24-26-28-30-35(37)42-32-34(33-43-45(39,40)41)44-36(38)31-29-27-25-23-20-16-14-12-10-8-6-4-2/h11-14,17-18,34H,3-10,15-16,19-33H2,1-2H3,(H2,39,40,41)/b13-11-,14-12-,18-17-/t34-/m1/s1. The number of phosphoric acid groups is 1. The number of unbranched alkanes of at least 4 members (excludes halogenated alkanes) is 16. The minimum absolute atomic E-state index is 0.198. The number of rotatable bonds is 32. The third kappa shape index (κ3) is 35.0. The van der Waals surface area contributed by atoms with Gasteiger partial charge in [0.05, 0.1) is 6.61 Å². The van der Waals surface area contributed by atoms with Gasteiger partial charge in [0, 0.05) is 12.8 Å². The molecule has 0 radical (unpaired) electrons. The maximum Gasteiger partial charge on any atom is 0.469 e. The van der Waals surface area contributed by atoms with E-state index in [9.17, 15) is 14.2 Å². The predicted octanol–water partition coefficient (Wildman–Crippen LogP) is 10.2. The number of hydrogen-bond acceptors (Lipinski definition) is 6. The summed E-state index contributed by atoms with van der Waals surface area (Å²) in [6.07, 6.45) is 35.8. The highest BCUT2D eigenvalue weighted by atomic mass is 31.2. The molecule has 0 saturated carbocycles. The van der Waals surface area contributed by atoms with E-state index >= 15 is 0 Å². The van der Waals surface area contributed by atoms with Crippen LogP contribution in [-0.4, -0.2) is 41.0 Å². The number of carbonyl (C=O) groups is 2. The molecule has 0 aliphatic rings. The van der Waals surface area contributed by atoms with Crippen LogP contribution in [0.2, 0.25) is 0 Å². The van der Waals surface area contributed by atoms with Crippen molar-refractivity contribution in [1.29, 1.82) is 0 Å². The molecule has 0 saturated heterocycles. The zero-order chi connectivity index (χ0) is 33.3. The van der Waals surface area contributed by atoms with E-state index in [1.54, 1.807) is 0 Å². The van der Waals surface area contributed by atoms with Crippen LogP contribution in [0.25, 0.3) is 0 Å². The Balaban J connectivity index is 4.03. The lowest BCUT2D eigenvalue weighted by atomic mass is 10.1. The summed E-state index contributed by atoms with van der Waals surface area (Å²) in [5, 5.41) is 0. The van der Waals surface area contributed by atoms with E-state index in [0.29, 0.717) is 12.8 Å². The van der Waals surface area contributed by atoms with Crippen LogP contribution >= 0.6 is 7.82 Å². The fourth-order valence-corrected chi connectivity index (χ4v) is 5.05. The maximum absolute atomic E-state index is 12.3. The molecule has 0 bridgehead atoms. The molecule has 0 fully saturated rings. The molecule has 9 heteroatoms. The first-order chi connectivity index (χ1) is 21.8. The van der Waals surface area contributed by atoms with E-state index in [1.165, 1.54) is 44.9 Å². The molecular formula is C36H65O8P. The van der Waals surface area contributed by atoms with Gasteiger partial charge in [0.1, 0.15) is 6.61 Å². The number of esters is 2. The van der Waals surface area contributed by atoms with E-state index in [1.807, 2.05) is 0 Å². The molecule has 0 spiro atoms. The Hall–Kier alpha value is -1.73. The van der Waals surface area contributed by atoms with Gasteiger partial charge < -0.3 is 19.3 Å². The van der Waals surface area contributed by atoms with Crippen LogP contribution in [0, 0.1) is 0 Å². The van der Waals surface area contributed by atoms with E-state index < -0.39 is 32.5 Å². The zero-order valence-corrected chi connectivity index (χ0v) is 29.4. The molecule has 0 rings (SSSR count). The largest absolute Gasteiger partial charge is 0.469 e. The Labute approximate surface area is 274 Å². The monoisotopic (exact) mass is 656 g/mol. The van der Waals surface area contributed by atoms with E-state index in [2.05, 4.69) is 54.8 Å². The van der Waals surface area contributed by atoms with E-state index in [-0.39, 0.29) is 19.4 Å². The van der Waals surface area contributed by atoms with Gasteiger partial charge in [-0.25, -0.2) is 4.57 Å². The summed E-state index contributed by atoms with van der Waals surface area (Å²) in [6.45, 7) is 3.59. The lowest BCUT2D eigenvalue weighted by molar-refractivity contribution is -0.161. The number of carbonyl (C=O) groups excluding carboxylic acids is 2. The third-order valence-corrected chi connectivity index (χ3v) is 7.87. The molecule has 0 aromatic heterocycles. The fraction of sp³-hybridized carbons (Fsp3) is 0.778. The molecule has 0 aliphatic carbocycles. The molecular weight excluding hydrogens is 591 g/mol. The molecule has 0 amide bonds. The lowest BCUT2D eigenvalue weighted by Crippen LogP contribution is -2.29. The first kappa shape index (κ1) is 43.3. The van der Waals surface area contributed by atoms with Gasteiger partial charge in [0.2, 0.25) is 0 Å². The number of ether oxygens (including phenoxy) is 2. The highest BCUT2D eigenvalue weighted by molar-refractivity contribution is 7.46. The average Bonchev–Trinajstić information content (AvgIpc) is 3.00. The highest BCUT2D eigenvalue weighted by Gasteiger charge is 2.22. The molecule has 1 atom stereocenters. The third-order valence-electron chi connectivity index (χ3n) is 7.38. The minimum Gasteiger partial charge on any atom is -0.462 e. The smallest absolute Gasteiger partial charge is 0.462 e. The second kappa shape index (κ2) is 32.2. The SMILES string of the molecule is CCCCC/C=C\C/C=C\CCCCCCCC(=O)OC[C@H](COP(=O)(O)O)OC(=O)CCCCCCC/C=C\CCCCC. The summed E-state index contributed by atoms with van der Waals surface area (Å²) in [7, 11) is -4.75. The minimum atomic E-state index is -4.75. The summed E-state index contributed by atoms with van der Waals surface area (Å²) in [5.41, 5.74) is 0. The summed E-state index contributed by atoms with van der Waals surface area (Å²) in [5.74, 6) is -0.914. The van der Waals surface area contributed by atoms with Crippen molar-refractivity contribution < 1.29 is 37.9 Å². The number of phosphoric ester groups is 1. The maximum atomic E-state index is 12.3. The van der Waals surface area contributed by atoms with Gasteiger partial charge in [0.15, 0.2) is 6.10 Å². The summed E-state index contributed by atoms with van der Waals surface area (Å²) < 4.78 is 26.2. The van der Waals surface area contributed by atoms with Gasteiger partial charge in [-0.15, -0.1) is 0 Å². The van der Waals surface area contributed by atoms with Gasteiger partial charge in [0.25, 0.3) is 0 Å². The van der Waals surface area contributed by atoms with Crippen molar-refractivity contribution in [2.45, 2.75) is 168 Å². The molecule has 262 valence electrons. The van der Waals surface area contributed by atoms with Crippen molar-refractivity contribution in [3.8, 4) is 0 Å². The van der Waals surface area contributed by atoms with Crippen LogP contribution in [0.5, 0.6) is 0 Å². The van der Waals surface area contributed by atoms with Crippen LogP contribution in [0.1, 0.15) is 162 Å². The van der Waals surface area contributed by atoms with Crippen molar-refractivity contribution >= 4 is 19.8 Å². The fourth-order valence-electron chi connectivity index (χ4n) is 4.69. The second-order valence-corrected chi connectivity index (χ2v) is 13.1. The quantitative estimate of drug-likeness (QED) is 0.0318. The molecule has 0 heterocycles. The Morgan fingerprint density at radius 3 is 1.49 bits per heavy atom. The Kier molecular flexibility index (Phi) is 31.0. The van der Waals surface area contributed by atoms with Gasteiger partial charge in [-0.1, -0.05) is 115 Å². The predicted molar refractivity (Wildman–Crippen MR) is 184 cm³/mol. The van der Waals surface area contributed by atoms with E-state index in [4.69, 9.17) is 19.3 Å². The summed E-state index contributed by atoms with van der Waals surface area (Å²) in [6, 6.07) is 0. The molecule has 2 N–H and O–H groups in total. The Morgan fingerprint density at radius 1 is 0.578 bits per heavy atom. The van der Waals surface area contributed by atoms with Crippen LogP contribution < -0.4 is 0 Å². The molecule has 0 unspecified atom stereocenters. The first-order valence-electron chi connectivity index (χ1n) is 17.8. The molecule has 0 aromatic carbocycles. The van der Waals surface area contributed by atoms with Crippen molar-refractivity contribution in [1.82, 2.24) is 0 Å². The Bertz CT molecular complexity index is 833. The average molecular weight is 657 g/mol.